The Morgan fingerprint density at radius 3 is 2.73 bits per heavy atom. The zero-order valence-electron chi connectivity index (χ0n) is 5.74. The zero-order valence-corrected chi connectivity index (χ0v) is 5.74. The van der Waals surface area contributed by atoms with E-state index >= 15 is 0 Å². The molecule has 0 fully saturated rings. The molecule has 0 aliphatic heterocycles. The number of hydrogen-bond donors (Lipinski definition) is 0. The molecule has 11 heavy (non-hydrogen) atoms. The van der Waals surface area contributed by atoms with Crippen LogP contribution >= 0.6 is 0 Å². The maximum atomic E-state index is 11.3. The number of halogens is 1. The van der Waals surface area contributed by atoms with Crippen LogP contribution in [0, 0.1) is 6.92 Å². The summed E-state index contributed by atoms with van der Waals surface area (Å²) in [6.07, 6.45) is 2.50. The molecule has 4 nitrogen and oxygen atoms in total. The highest BCUT2D eigenvalue weighted by Gasteiger charge is 2.08. The fraction of sp³-hybridized carbons (Fsp3) is 0.167. The lowest BCUT2D eigenvalue weighted by Gasteiger charge is -1.92. The predicted octanol–water partition coefficient (Wildman–Crippen LogP) is 0.826. The Kier molecular flexibility index (Phi) is 2.10. The first-order valence-corrected chi connectivity index (χ1v) is 2.85. The molecule has 0 aromatic carbocycles. The van der Waals surface area contributed by atoms with Gasteiger partial charge in [-0.25, -0.2) is 14.7 Å². The van der Waals surface area contributed by atoms with Crippen LogP contribution in [0.15, 0.2) is 12.4 Å². The van der Waals surface area contributed by atoms with Gasteiger partial charge in [0.1, 0.15) is 0 Å². The average molecular weight is 156 g/mol. The molecule has 5 heteroatoms. The molecule has 0 radical (unpaired) electrons. The molecule has 0 atom stereocenters. The summed E-state index contributed by atoms with van der Waals surface area (Å²) in [6, 6.07) is 0. The molecule has 0 aliphatic rings. The van der Waals surface area contributed by atoms with Gasteiger partial charge in [0.2, 0.25) is 0 Å². The Morgan fingerprint density at radius 2 is 2.27 bits per heavy atom. The van der Waals surface area contributed by atoms with Gasteiger partial charge >= 0.3 is 5.97 Å². The SMILES string of the molecule is Cc1cnc(C(=O)OF)cn1. The Balaban J connectivity index is 2.90. The van der Waals surface area contributed by atoms with Gasteiger partial charge in [-0.1, -0.05) is 0 Å². The quantitative estimate of drug-likeness (QED) is 0.604. The largest absolute Gasteiger partial charge is 0.399 e. The van der Waals surface area contributed by atoms with Crippen LogP contribution in [0.25, 0.3) is 0 Å². The summed E-state index contributed by atoms with van der Waals surface area (Å²) < 4.78 is 11.3. The van der Waals surface area contributed by atoms with E-state index in [1.54, 1.807) is 6.92 Å². The van der Waals surface area contributed by atoms with E-state index in [-0.39, 0.29) is 5.69 Å². The molecule has 0 saturated carbocycles. The van der Waals surface area contributed by atoms with Crippen LogP contribution in [0.4, 0.5) is 4.53 Å². The first-order valence-electron chi connectivity index (χ1n) is 2.85. The number of aryl methyl sites for hydroxylation is 1. The third-order valence-electron chi connectivity index (χ3n) is 1.06. The molecule has 0 saturated heterocycles. The van der Waals surface area contributed by atoms with Gasteiger partial charge in [-0.15, -0.1) is 0 Å². The summed E-state index contributed by atoms with van der Waals surface area (Å²) in [7, 11) is 0. The molecule has 0 amide bonds. The third-order valence-corrected chi connectivity index (χ3v) is 1.06. The summed E-state index contributed by atoms with van der Waals surface area (Å²) in [5.41, 5.74) is 0.513. The van der Waals surface area contributed by atoms with Crippen LogP contribution in [0.2, 0.25) is 0 Å². The summed E-state index contributed by atoms with van der Waals surface area (Å²) in [4.78, 5) is 20.6. The second-order valence-corrected chi connectivity index (χ2v) is 1.91. The van der Waals surface area contributed by atoms with E-state index in [9.17, 15) is 9.32 Å². The van der Waals surface area contributed by atoms with E-state index in [1.807, 2.05) is 0 Å². The fourth-order valence-corrected chi connectivity index (χ4v) is 0.538. The Morgan fingerprint density at radius 1 is 1.55 bits per heavy atom. The average Bonchev–Trinajstić information content (AvgIpc) is 2.05. The summed E-state index contributed by atoms with van der Waals surface area (Å²) in [6.45, 7) is 1.71. The molecular weight excluding hydrogens is 151 g/mol. The maximum Gasteiger partial charge on any atom is 0.399 e. The highest BCUT2D eigenvalue weighted by atomic mass is 19.3. The number of hydrogen-bond acceptors (Lipinski definition) is 4. The summed E-state index contributed by atoms with van der Waals surface area (Å²) in [5.74, 6) is -1.13. The Labute approximate surface area is 61.9 Å². The van der Waals surface area contributed by atoms with Crippen molar-refractivity contribution in [1.29, 1.82) is 0 Å². The maximum absolute atomic E-state index is 11.3. The van der Waals surface area contributed by atoms with Crippen molar-refractivity contribution in [2.75, 3.05) is 0 Å². The van der Waals surface area contributed by atoms with E-state index in [1.165, 1.54) is 6.20 Å². The molecule has 1 rings (SSSR count). The number of rotatable bonds is 1. The molecular formula is C6H5FN2O2. The van der Waals surface area contributed by atoms with Crippen molar-refractivity contribution in [2.45, 2.75) is 6.92 Å². The van der Waals surface area contributed by atoms with E-state index < -0.39 is 5.97 Å². The molecule has 0 unspecified atom stereocenters. The van der Waals surface area contributed by atoms with Crippen molar-refractivity contribution in [2.24, 2.45) is 0 Å². The lowest BCUT2D eigenvalue weighted by Crippen LogP contribution is -2.02. The number of carbonyl (C=O) groups excluding carboxylic acids is 1. The minimum Gasteiger partial charge on any atom is -0.257 e. The molecule has 1 aromatic heterocycles. The Bertz CT molecular complexity index is 260. The van der Waals surface area contributed by atoms with E-state index in [0.717, 1.165) is 6.20 Å². The molecule has 0 bridgehead atoms. The van der Waals surface area contributed by atoms with Gasteiger partial charge in [0.25, 0.3) is 0 Å². The topological polar surface area (TPSA) is 52.1 Å². The zero-order chi connectivity index (χ0) is 8.27. The standard InChI is InChI=1S/C6H5FN2O2/c1-4-2-9-5(3-8-4)6(10)11-7/h2-3H,1H3. The molecule has 1 heterocycles. The van der Waals surface area contributed by atoms with Crippen LogP contribution in [0.3, 0.4) is 0 Å². The minimum absolute atomic E-state index is 0.141. The third kappa shape index (κ3) is 1.70. The van der Waals surface area contributed by atoms with Crippen molar-refractivity contribution < 1.29 is 14.3 Å². The van der Waals surface area contributed by atoms with Crippen LogP contribution in [0.5, 0.6) is 0 Å². The number of aromatic nitrogens is 2. The summed E-state index contributed by atoms with van der Waals surface area (Å²) in [5, 5.41) is 0. The second-order valence-electron chi connectivity index (χ2n) is 1.91. The van der Waals surface area contributed by atoms with Gasteiger partial charge in [0.15, 0.2) is 5.69 Å². The number of nitrogens with zero attached hydrogens (tertiary/aromatic N) is 2. The van der Waals surface area contributed by atoms with Crippen LogP contribution < -0.4 is 0 Å². The van der Waals surface area contributed by atoms with Gasteiger partial charge < -0.3 is 0 Å². The van der Waals surface area contributed by atoms with Crippen molar-refractivity contribution in [3.8, 4) is 0 Å². The molecule has 0 N–H and O–H groups in total. The molecule has 58 valence electrons. The van der Waals surface area contributed by atoms with E-state index in [2.05, 4.69) is 14.9 Å². The van der Waals surface area contributed by atoms with Crippen LogP contribution in [-0.4, -0.2) is 15.9 Å². The van der Waals surface area contributed by atoms with Crippen molar-refractivity contribution in [1.82, 2.24) is 9.97 Å². The smallest absolute Gasteiger partial charge is 0.257 e. The van der Waals surface area contributed by atoms with E-state index in [4.69, 9.17) is 0 Å². The van der Waals surface area contributed by atoms with Crippen molar-refractivity contribution in [3.63, 3.8) is 0 Å². The highest BCUT2D eigenvalue weighted by Crippen LogP contribution is 1.96. The predicted molar refractivity (Wildman–Crippen MR) is 33.3 cm³/mol. The van der Waals surface area contributed by atoms with Gasteiger partial charge in [0.05, 0.1) is 11.9 Å². The molecule has 0 aliphatic carbocycles. The fourth-order valence-electron chi connectivity index (χ4n) is 0.538. The van der Waals surface area contributed by atoms with Crippen LogP contribution in [-0.2, 0) is 4.94 Å². The number of carbonyl (C=O) groups is 1. The lowest BCUT2D eigenvalue weighted by molar-refractivity contribution is -0.0793. The van der Waals surface area contributed by atoms with Gasteiger partial charge in [-0.2, -0.15) is 0 Å². The summed E-state index contributed by atoms with van der Waals surface area (Å²) >= 11 is 0. The first kappa shape index (κ1) is 7.59. The van der Waals surface area contributed by atoms with Crippen molar-refractivity contribution in [3.05, 3.63) is 23.8 Å². The minimum atomic E-state index is -1.13. The second kappa shape index (κ2) is 3.05. The van der Waals surface area contributed by atoms with Crippen molar-refractivity contribution >= 4 is 5.97 Å². The monoisotopic (exact) mass is 156 g/mol. The Hall–Kier alpha value is -1.52. The lowest BCUT2D eigenvalue weighted by atomic mass is 10.4. The molecule has 1 aromatic rings. The van der Waals surface area contributed by atoms with Crippen LogP contribution in [0.1, 0.15) is 16.2 Å². The van der Waals surface area contributed by atoms with E-state index in [0.29, 0.717) is 5.69 Å². The highest BCUT2D eigenvalue weighted by molar-refractivity contribution is 5.86. The van der Waals surface area contributed by atoms with Gasteiger partial charge in [0, 0.05) is 10.7 Å². The van der Waals surface area contributed by atoms with Gasteiger partial charge in [-0.3, -0.25) is 4.98 Å². The normalized spacial score (nSPS) is 9.27. The first-order chi connectivity index (χ1) is 5.24. The molecule has 0 spiro atoms. The van der Waals surface area contributed by atoms with Gasteiger partial charge in [-0.05, 0) is 6.92 Å².